The molecule has 0 spiro atoms. The van der Waals surface area contributed by atoms with E-state index in [9.17, 15) is 14.7 Å². The number of aliphatic carboxylic acids is 1. The highest BCUT2D eigenvalue weighted by atomic mass is 16.5. The Morgan fingerprint density at radius 3 is 2.85 bits per heavy atom. The van der Waals surface area contributed by atoms with Gasteiger partial charge in [-0.25, -0.2) is 9.78 Å². The molecule has 1 fully saturated rings. The molecule has 0 saturated heterocycles. The minimum absolute atomic E-state index is 0.0205. The van der Waals surface area contributed by atoms with Crippen LogP contribution in [-0.2, 0) is 27.2 Å². The predicted molar refractivity (Wildman–Crippen MR) is 126 cm³/mol. The van der Waals surface area contributed by atoms with E-state index < -0.39 is 23.3 Å². The van der Waals surface area contributed by atoms with Gasteiger partial charge in [-0.15, -0.1) is 0 Å². The first-order chi connectivity index (χ1) is 16.4. The first-order valence-corrected chi connectivity index (χ1v) is 11.7. The fourth-order valence-corrected chi connectivity index (χ4v) is 4.05. The van der Waals surface area contributed by atoms with E-state index in [-0.39, 0.29) is 24.3 Å². The summed E-state index contributed by atoms with van der Waals surface area (Å²) in [5, 5.41) is 31.7. The molecule has 1 aromatic heterocycles. The summed E-state index contributed by atoms with van der Waals surface area (Å²) in [6.45, 7) is 1.65. The number of allylic oxidation sites excluding steroid dienone is 1. The Bertz CT molecular complexity index is 996. The van der Waals surface area contributed by atoms with Crippen molar-refractivity contribution in [3.8, 4) is 6.07 Å². The number of hydrogen-bond donors (Lipinski definition) is 5. The predicted octanol–water partition coefficient (Wildman–Crippen LogP) is 1.90. The van der Waals surface area contributed by atoms with Gasteiger partial charge < -0.3 is 31.6 Å². The third kappa shape index (κ3) is 6.11. The number of pyridine rings is 1. The maximum atomic E-state index is 12.7. The number of carboxylic acid groups (broad SMARTS) is 1. The number of carboxylic acids is 1. The van der Waals surface area contributed by atoms with Crippen molar-refractivity contribution in [1.29, 1.82) is 10.7 Å². The number of aromatic nitrogens is 1. The van der Waals surface area contributed by atoms with E-state index >= 15 is 0 Å². The molecular weight excluding hydrogens is 436 g/mol. The smallest absolute Gasteiger partial charge is 0.326 e. The average molecular weight is 469 g/mol. The van der Waals surface area contributed by atoms with Crippen LogP contribution in [0.4, 0.5) is 5.82 Å². The molecule has 182 valence electrons. The third-order valence-corrected chi connectivity index (χ3v) is 6.33. The number of unbranched alkanes of at least 4 members (excludes halogenated alkanes) is 1. The lowest BCUT2D eigenvalue weighted by molar-refractivity contribution is -0.143. The topological polar surface area (TPSA) is 174 Å². The van der Waals surface area contributed by atoms with Gasteiger partial charge in [0.15, 0.2) is 0 Å². The van der Waals surface area contributed by atoms with Crippen molar-refractivity contribution >= 4 is 23.9 Å². The zero-order valence-electron chi connectivity index (χ0n) is 19.2. The molecule has 1 unspecified atom stereocenters. The van der Waals surface area contributed by atoms with Crippen molar-refractivity contribution in [2.45, 2.75) is 57.4 Å². The van der Waals surface area contributed by atoms with Crippen molar-refractivity contribution in [2.75, 3.05) is 25.1 Å². The third-order valence-electron chi connectivity index (χ3n) is 6.33. The first kappa shape index (κ1) is 25.2. The second-order valence-electron chi connectivity index (χ2n) is 8.73. The van der Waals surface area contributed by atoms with Crippen LogP contribution in [0.1, 0.15) is 49.8 Å². The number of amides is 1. The molecule has 3 rings (SSSR count). The molecule has 1 aliphatic heterocycles. The number of nitrogens with one attached hydrogen (secondary N) is 3. The Hall–Kier alpha value is -3.45. The number of carbonyl (C=O) groups excluding carboxylic acids is 1. The first-order valence-electron chi connectivity index (χ1n) is 11.7. The molecule has 10 heteroatoms. The van der Waals surface area contributed by atoms with Gasteiger partial charge in [-0.1, -0.05) is 6.07 Å². The average Bonchev–Trinajstić information content (AvgIpc) is 3.65. The van der Waals surface area contributed by atoms with Crippen LogP contribution in [0.2, 0.25) is 0 Å². The number of nitrogens with zero attached hydrogens (tertiary/aromatic N) is 2. The molecule has 6 N–H and O–H groups in total. The largest absolute Gasteiger partial charge is 0.480 e. The van der Waals surface area contributed by atoms with Gasteiger partial charge >= 0.3 is 5.97 Å². The lowest BCUT2D eigenvalue weighted by atomic mass is 9.97. The van der Waals surface area contributed by atoms with E-state index in [1.54, 1.807) is 6.07 Å². The number of anilines is 1. The van der Waals surface area contributed by atoms with Crippen LogP contribution < -0.4 is 16.4 Å². The van der Waals surface area contributed by atoms with Gasteiger partial charge in [-0.3, -0.25) is 4.79 Å². The molecule has 0 aromatic carbocycles. The van der Waals surface area contributed by atoms with Crippen molar-refractivity contribution in [1.82, 2.24) is 10.3 Å². The normalized spacial score (nSPS) is 17.3. The highest BCUT2D eigenvalue weighted by Crippen LogP contribution is 2.51. The van der Waals surface area contributed by atoms with E-state index in [0.717, 1.165) is 56.4 Å². The Kier molecular flexibility index (Phi) is 8.60. The van der Waals surface area contributed by atoms with Gasteiger partial charge in [0, 0.05) is 43.8 Å². The van der Waals surface area contributed by atoms with Gasteiger partial charge in [0.25, 0.3) is 0 Å². The number of nitrogens with two attached hydrogens (primary N) is 1. The molecule has 2 aliphatic rings. The SMILES string of the molecule is N#CC(C=N)=C(N)C1(C(=O)NC(CCOCCCCc2ccc3c(n2)NCCC3)C(=O)O)CC1. The number of rotatable bonds is 13. The zero-order chi connectivity index (χ0) is 24.6. The molecule has 1 amide bonds. The van der Waals surface area contributed by atoms with Gasteiger partial charge in [0.2, 0.25) is 5.91 Å². The Labute approximate surface area is 199 Å². The maximum Gasteiger partial charge on any atom is 0.326 e. The summed E-state index contributed by atoms with van der Waals surface area (Å²) in [5.41, 5.74) is 7.10. The Balaban J connectivity index is 1.38. The maximum absolute atomic E-state index is 12.7. The second kappa shape index (κ2) is 11.6. The fourth-order valence-electron chi connectivity index (χ4n) is 4.05. The highest BCUT2D eigenvalue weighted by Gasteiger charge is 2.53. The molecule has 1 aromatic rings. The van der Waals surface area contributed by atoms with E-state index in [4.69, 9.17) is 21.1 Å². The monoisotopic (exact) mass is 468 g/mol. The summed E-state index contributed by atoms with van der Waals surface area (Å²) in [6.07, 6.45) is 6.55. The minimum Gasteiger partial charge on any atom is -0.480 e. The van der Waals surface area contributed by atoms with Crippen LogP contribution in [0.5, 0.6) is 0 Å². The number of fused-ring (bicyclic) bond motifs is 1. The Morgan fingerprint density at radius 1 is 1.38 bits per heavy atom. The van der Waals surface area contributed by atoms with Crippen LogP contribution in [0.3, 0.4) is 0 Å². The van der Waals surface area contributed by atoms with E-state index in [2.05, 4.69) is 27.8 Å². The lowest BCUT2D eigenvalue weighted by Gasteiger charge is -2.20. The fraction of sp³-hybridized carbons (Fsp3) is 0.542. The molecule has 0 radical (unpaired) electrons. The molecule has 1 aliphatic carbocycles. The van der Waals surface area contributed by atoms with Crippen molar-refractivity contribution in [2.24, 2.45) is 11.1 Å². The molecule has 10 nitrogen and oxygen atoms in total. The van der Waals surface area contributed by atoms with Crippen LogP contribution >= 0.6 is 0 Å². The van der Waals surface area contributed by atoms with Crippen LogP contribution in [0.25, 0.3) is 0 Å². The number of nitriles is 1. The summed E-state index contributed by atoms with van der Waals surface area (Å²) in [4.78, 5) is 29.0. The van der Waals surface area contributed by atoms with Gasteiger partial charge in [0.05, 0.1) is 11.0 Å². The van der Waals surface area contributed by atoms with E-state index in [0.29, 0.717) is 19.4 Å². The summed E-state index contributed by atoms with van der Waals surface area (Å²) < 4.78 is 5.59. The van der Waals surface area contributed by atoms with Crippen molar-refractivity contribution < 1.29 is 19.4 Å². The van der Waals surface area contributed by atoms with E-state index in [1.807, 2.05) is 0 Å². The second-order valence-corrected chi connectivity index (χ2v) is 8.73. The van der Waals surface area contributed by atoms with Crippen LogP contribution in [-0.4, -0.2) is 54.0 Å². The quantitative estimate of drug-likeness (QED) is 0.166. The van der Waals surface area contributed by atoms with Gasteiger partial charge in [0.1, 0.15) is 17.9 Å². The van der Waals surface area contributed by atoms with Crippen LogP contribution in [0, 0.1) is 22.2 Å². The summed E-state index contributed by atoms with van der Waals surface area (Å²) >= 11 is 0. The number of aryl methyl sites for hydroxylation is 2. The van der Waals surface area contributed by atoms with E-state index in [1.165, 1.54) is 5.56 Å². The molecular formula is C24H32N6O4. The zero-order valence-corrected chi connectivity index (χ0v) is 19.2. The molecule has 0 bridgehead atoms. The molecule has 34 heavy (non-hydrogen) atoms. The molecule has 1 atom stereocenters. The number of hydrogen-bond acceptors (Lipinski definition) is 8. The van der Waals surface area contributed by atoms with Gasteiger partial charge in [-0.05, 0) is 56.6 Å². The van der Waals surface area contributed by atoms with Crippen molar-refractivity contribution in [3.63, 3.8) is 0 Å². The van der Waals surface area contributed by atoms with Crippen molar-refractivity contribution in [3.05, 3.63) is 34.7 Å². The highest BCUT2D eigenvalue weighted by molar-refractivity contribution is 5.94. The standard InChI is InChI=1S/C24H32N6O4/c25-14-17(15-26)20(27)24(9-10-24)23(33)30-19(22(31)32)8-13-34-12-2-1-5-18-7-6-16-4-3-11-28-21(16)29-18/h6-7,14,19,25H,1-5,8-13,27H2,(H,28,29)(H,30,33)(H,31,32). The summed E-state index contributed by atoms with van der Waals surface area (Å²) in [7, 11) is 0. The number of ether oxygens (including phenoxy) is 1. The Morgan fingerprint density at radius 2 is 2.18 bits per heavy atom. The summed E-state index contributed by atoms with van der Waals surface area (Å²) in [6, 6.07) is 4.90. The van der Waals surface area contributed by atoms with Crippen LogP contribution in [0.15, 0.2) is 23.4 Å². The van der Waals surface area contributed by atoms with Gasteiger partial charge in [-0.2, -0.15) is 5.26 Å². The molecule has 2 heterocycles. The lowest BCUT2D eigenvalue weighted by Crippen LogP contribution is -2.46. The number of carbonyl (C=O) groups is 2. The molecule has 1 saturated carbocycles. The summed E-state index contributed by atoms with van der Waals surface area (Å²) in [5.74, 6) is -0.692. The minimum atomic E-state index is -1.16.